The lowest BCUT2D eigenvalue weighted by Crippen LogP contribution is -2.18. The standard InChI is InChI=1S/C20H18ClN3O3S/c1-27-16-7-5-13(6-8-16)9-19(25)22-20-17-11-28(26)12-18(17)23-24(20)15-4-2-3-14(21)10-15/h2-8,10H,9,11-12H2,1H3,(H,22,25)/t28-/m0/s1. The molecule has 8 heteroatoms. The number of anilines is 1. The van der Waals surface area contributed by atoms with Crippen molar-refractivity contribution in [2.45, 2.75) is 17.9 Å². The van der Waals surface area contributed by atoms with Crippen molar-refractivity contribution >= 4 is 34.1 Å². The van der Waals surface area contributed by atoms with Gasteiger partial charge in [0.15, 0.2) is 0 Å². The molecule has 144 valence electrons. The van der Waals surface area contributed by atoms with Gasteiger partial charge in [-0.25, -0.2) is 4.68 Å². The van der Waals surface area contributed by atoms with Crippen LogP contribution in [0.2, 0.25) is 5.02 Å². The zero-order valence-electron chi connectivity index (χ0n) is 15.1. The van der Waals surface area contributed by atoms with Gasteiger partial charge in [-0.3, -0.25) is 9.00 Å². The van der Waals surface area contributed by atoms with E-state index < -0.39 is 10.8 Å². The molecule has 2 aromatic carbocycles. The minimum Gasteiger partial charge on any atom is -0.497 e. The van der Waals surface area contributed by atoms with Gasteiger partial charge in [0.05, 0.1) is 36.4 Å². The van der Waals surface area contributed by atoms with E-state index in [1.165, 1.54) is 0 Å². The Labute approximate surface area is 169 Å². The number of carbonyl (C=O) groups excluding carboxylic acids is 1. The number of hydrogen-bond donors (Lipinski definition) is 1. The third kappa shape index (κ3) is 3.81. The van der Waals surface area contributed by atoms with Crippen molar-refractivity contribution in [2.75, 3.05) is 12.4 Å². The van der Waals surface area contributed by atoms with Crippen molar-refractivity contribution < 1.29 is 13.7 Å². The largest absolute Gasteiger partial charge is 0.497 e. The molecule has 3 aromatic rings. The van der Waals surface area contributed by atoms with E-state index in [4.69, 9.17) is 16.3 Å². The Morgan fingerprint density at radius 1 is 1.25 bits per heavy atom. The van der Waals surface area contributed by atoms with Crippen molar-refractivity contribution in [1.82, 2.24) is 9.78 Å². The van der Waals surface area contributed by atoms with Gasteiger partial charge in [-0.1, -0.05) is 29.8 Å². The monoisotopic (exact) mass is 415 g/mol. The summed E-state index contributed by atoms with van der Waals surface area (Å²) in [5.41, 5.74) is 3.18. The van der Waals surface area contributed by atoms with E-state index in [9.17, 15) is 9.00 Å². The summed E-state index contributed by atoms with van der Waals surface area (Å²) in [6.45, 7) is 0. The van der Waals surface area contributed by atoms with Gasteiger partial charge in [-0.15, -0.1) is 0 Å². The Balaban J connectivity index is 1.62. The number of benzene rings is 2. The number of aromatic nitrogens is 2. The summed E-state index contributed by atoms with van der Waals surface area (Å²) >= 11 is 6.12. The Morgan fingerprint density at radius 3 is 2.75 bits per heavy atom. The summed E-state index contributed by atoms with van der Waals surface area (Å²) in [6.07, 6.45) is 0.211. The molecule has 1 atom stereocenters. The predicted molar refractivity (Wildman–Crippen MR) is 109 cm³/mol. The first-order valence-corrected chi connectivity index (χ1v) is 10.5. The number of nitrogens with one attached hydrogen (secondary N) is 1. The molecule has 1 aliphatic heterocycles. The summed E-state index contributed by atoms with van der Waals surface area (Å²) in [5.74, 6) is 1.90. The molecule has 0 spiro atoms. The van der Waals surface area contributed by atoms with Crippen molar-refractivity contribution in [3.8, 4) is 11.4 Å². The summed E-state index contributed by atoms with van der Waals surface area (Å²) in [6, 6.07) is 14.6. The molecule has 6 nitrogen and oxygen atoms in total. The minimum atomic E-state index is -0.991. The summed E-state index contributed by atoms with van der Waals surface area (Å²) in [4.78, 5) is 12.7. The first-order chi connectivity index (χ1) is 13.5. The van der Waals surface area contributed by atoms with E-state index in [0.717, 1.165) is 28.3 Å². The number of methoxy groups -OCH3 is 1. The number of hydrogen-bond acceptors (Lipinski definition) is 4. The van der Waals surface area contributed by atoms with Crippen molar-refractivity contribution in [3.63, 3.8) is 0 Å². The Bertz CT molecular complexity index is 1060. The van der Waals surface area contributed by atoms with Gasteiger partial charge in [-0.05, 0) is 35.9 Å². The summed E-state index contributed by atoms with van der Waals surface area (Å²) in [5, 5.41) is 8.10. The molecule has 1 amide bonds. The normalized spacial score (nSPS) is 15.3. The van der Waals surface area contributed by atoms with E-state index in [1.807, 2.05) is 36.4 Å². The number of fused-ring (bicyclic) bond motifs is 1. The third-order valence-electron chi connectivity index (χ3n) is 4.50. The van der Waals surface area contributed by atoms with Gasteiger partial charge in [0.25, 0.3) is 0 Å². The first kappa shape index (κ1) is 18.7. The molecular weight excluding hydrogens is 398 g/mol. The quantitative estimate of drug-likeness (QED) is 0.692. The maximum atomic E-state index is 12.7. The third-order valence-corrected chi connectivity index (χ3v) is 5.95. The Kier molecular flexibility index (Phi) is 5.19. The Morgan fingerprint density at radius 2 is 2.04 bits per heavy atom. The van der Waals surface area contributed by atoms with Gasteiger partial charge in [0, 0.05) is 21.4 Å². The number of ether oxygens (including phenoxy) is 1. The van der Waals surface area contributed by atoms with E-state index in [2.05, 4.69) is 10.4 Å². The average Bonchev–Trinajstić information content (AvgIpc) is 3.19. The van der Waals surface area contributed by atoms with E-state index in [1.54, 1.807) is 23.9 Å². The molecule has 0 aliphatic carbocycles. The summed E-state index contributed by atoms with van der Waals surface area (Å²) < 4.78 is 18.8. The molecule has 0 saturated carbocycles. The van der Waals surface area contributed by atoms with E-state index >= 15 is 0 Å². The van der Waals surface area contributed by atoms with E-state index in [-0.39, 0.29) is 12.3 Å². The predicted octanol–water partition coefficient (Wildman–Crippen LogP) is 3.48. The molecule has 4 rings (SSSR count). The van der Waals surface area contributed by atoms with E-state index in [0.29, 0.717) is 22.3 Å². The van der Waals surface area contributed by atoms with Crippen molar-refractivity contribution in [2.24, 2.45) is 0 Å². The second-order valence-electron chi connectivity index (χ2n) is 6.47. The molecule has 1 N–H and O–H groups in total. The zero-order valence-corrected chi connectivity index (χ0v) is 16.7. The van der Waals surface area contributed by atoms with Crippen molar-refractivity contribution in [3.05, 3.63) is 70.4 Å². The fourth-order valence-electron chi connectivity index (χ4n) is 3.16. The van der Waals surface area contributed by atoms with Crippen LogP contribution in [0.3, 0.4) is 0 Å². The number of rotatable bonds is 5. The number of amides is 1. The molecule has 0 bridgehead atoms. The number of carbonyl (C=O) groups is 1. The van der Waals surface area contributed by atoms with Gasteiger partial charge >= 0.3 is 0 Å². The van der Waals surface area contributed by atoms with Gasteiger partial charge in [0.1, 0.15) is 11.6 Å². The molecule has 0 unspecified atom stereocenters. The smallest absolute Gasteiger partial charge is 0.229 e. The Hall–Kier alpha value is -2.64. The molecule has 0 fully saturated rings. The van der Waals surface area contributed by atoms with Crippen LogP contribution in [0.25, 0.3) is 5.69 Å². The van der Waals surface area contributed by atoms with Crippen LogP contribution in [0, 0.1) is 0 Å². The van der Waals surface area contributed by atoms with Crippen LogP contribution in [0.5, 0.6) is 5.75 Å². The maximum absolute atomic E-state index is 12.7. The highest BCUT2D eigenvalue weighted by molar-refractivity contribution is 7.83. The minimum absolute atomic E-state index is 0.172. The molecule has 1 aromatic heterocycles. The van der Waals surface area contributed by atoms with Crippen LogP contribution in [-0.2, 0) is 33.5 Å². The van der Waals surface area contributed by atoms with Crippen LogP contribution < -0.4 is 10.1 Å². The lowest BCUT2D eigenvalue weighted by atomic mass is 10.1. The highest BCUT2D eigenvalue weighted by Crippen LogP contribution is 2.32. The molecule has 28 heavy (non-hydrogen) atoms. The molecule has 2 heterocycles. The highest BCUT2D eigenvalue weighted by Gasteiger charge is 2.28. The van der Waals surface area contributed by atoms with Gasteiger partial charge < -0.3 is 10.1 Å². The van der Waals surface area contributed by atoms with Crippen LogP contribution in [-0.4, -0.2) is 27.0 Å². The van der Waals surface area contributed by atoms with Gasteiger partial charge in [-0.2, -0.15) is 5.10 Å². The first-order valence-electron chi connectivity index (χ1n) is 8.68. The second kappa shape index (κ2) is 7.77. The number of halogens is 1. The lowest BCUT2D eigenvalue weighted by Gasteiger charge is -2.11. The van der Waals surface area contributed by atoms with Crippen LogP contribution in [0.1, 0.15) is 16.8 Å². The topological polar surface area (TPSA) is 73.2 Å². The van der Waals surface area contributed by atoms with Crippen LogP contribution in [0.15, 0.2) is 48.5 Å². The van der Waals surface area contributed by atoms with Gasteiger partial charge in [0.2, 0.25) is 5.91 Å². The molecule has 1 aliphatic rings. The molecule has 0 saturated heterocycles. The summed E-state index contributed by atoms with van der Waals surface area (Å²) in [7, 11) is 0.609. The zero-order chi connectivity index (χ0) is 19.7. The maximum Gasteiger partial charge on any atom is 0.229 e. The SMILES string of the molecule is COc1ccc(CC(=O)Nc2c3c(nn2-c2cccc(Cl)c2)C[S@@](=O)C3)cc1. The fraction of sp³-hybridized carbons (Fsp3) is 0.200. The van der Waals surface area contributed by atoms with Crippen LogP contribution in [0.4, 0.5) is 5.82 Å². The van der Waals surface area contributed by atoms with Crippen LogP contribution >= 0.6 is 11.6 Å². The second-order valence-corrected chi connectivity index (χ2v) is 8.36. The fourth-order valence-corrected chi connectivity index (χ4v) is 4.60. The average molecular weight is 416 g/mol. The number of nitrogens with zero attached hydrogens (tertiary/aromatic N) is 2. The van der Waals surface area contributed by atoms with Crippen molar-refractivity contribution in [1.29, 1.82) is 0 Å². The molecule has 0 radical (unpaired) electrons. The lowest BCUT2D eigenvalue weighted by molar-refractivity contribution is -0.115. The molecular formula is C20H18ClN3O3S. The highest BCUT2D eigenvalue weighted by atomic mass is 35.5.